The van der Waals surface area contributed by atoms with Gasteiger partial charge in [-0.2, -0.15) is 0 Å². The molecule has 0 fully saturated rings. The van der Waals surface area contributed by atoms with Crippen LogP contribution in [0.2, 0.25) is 0 Å². The topological polar surface area (TPSA) is 89.3 Å². The second-order valence-electron chi connectivity index (χ2n) is 6.69. The van der Waals surface area contributed by atoms with Crippen LogP contribution in [0.1, 0.15) is 23.6 Å². The van der Waals surface area contributed by atoms with Gasteiger partial charge in [-0.15, -0.1) is 0 Å². The summed E-state index contributed by atoms with van der Waals surface area (Å²) in [7, 11) is -4.26. The number of halogens is 3. The van der Waals surface area contributed by atoms with Gasteiger partial charge in [0.2, 0.25) is 10.0 Å². The minimum Gasteiger partial charge on any atom is -0.258 e. The molecule has 10 heteroatoms. The van der Waals surface area contributed by atoms with Crippen LogP contribution in [-0.4, -0.2) is 13.3 Å². The summed E-state index contributed by atoms with van der Waals surface area (Å²) in [5, 5.41) is 11.3. The first-order chi connectivity index (χ1) is 14.7. The summed E-state index contributed by atoms with van der Waals surface area (Å²) in [6, 6.07) is 15.5. The number of sulfonamides is 1. The maximum atomic E-state index is 13.9. The molecular weight excluding hydrogens is 555 g/mol. The summed E-state index contributed by atoms with van der Waals surface area (Å²) in [6.45, 7) is 0. The number of hydrogen-bond donors (Lipinski definition) is 1. The minimum atomic E-state index is -4.26. The zero-order valence-electron chi connectivity index (χ0n) is 16.0. The lowest BCUT2D eigenvalue weighted by Crippen LogP contribution is -2.29. The molecule has 0 radical (unpaired) electrons. The minimum absolute atomic E-state index is 0.296. The fraction of sp³-hybridized carbons (Fsp3) is 0.143. The first-order valence-electron chi connectivity index (χ1n) is 9.13. The maximum Gasteiger partial charge on any atom is 0.289 e. The van der Waals surface area contributed by atoms with E-state index in [2.05, 4.69) is 36.6 Å². The smallest absolute Gasteiger partial charge is 0.258 e. The van der Waals surface area contributed by atoms with Gasteiger partial charge in [-0.1, -0.05) is 62.2 Å². The summed E-state index contributed by atoms with van der Waals surface area (Å²) in [4.78, 5) is 10.1. The Hall–Kier alpha value is -2.14. The van der Waals surface area contributed by atoms with E-state index in [1.165, 1.54) is 36.4 Å². The second kappa shape index (κ2) is 9.99. The predicted molar refractivity (Wildman–Crippen MR) is 123 cm³/mol. The first kappa shape index (κ1) is 23.5. The van der Waals surface area contributed by atoms with Crippen molar-refractivity contribution in [3.8, 4) is 0 Å². The fourth-order valence-corrected chi connectivity index (χ4v) is 5.99. The van der Waals surface area contributed by atoms with Crippen LogP contribution in [0, 0.1) is 15.9 Å². The van der Waals surface area contributed by atoms with Gasteiger partial charge >= 0.3 is 0 Å². The number of benzene rings is 3. The number of nitrogens with zero attached hydrogens (tertiary/aromatic N) is 1. The molecule has 1 atom stereocenters. The van der Waals surface area contributed by atoms with Gasteiger partial charge in [0, 0.05) is 21.1 Å². The third-order valence-corrected chi connectivity index (χ3v) is 7.65. The highest BCUT2D eigenvalue weighted by Crippen LogP contribution is 2.31. The monoisotopic (exact) mass is 570 g/mol. The SMILES string of the molecule is O=[N+]([O-])c1ccccc1S(=O)(=O)NC(CCc1c(Br)cccc1Br)c1cccc(F)c1. The highest BCUT2D eigenvalue weighted by atomic mass is 79.9. The zero-order valence-corrected chi connectivity index (χ0v) is 20.0. The van der Waals surface area contributed by atoms with Gasteiger partial charge in [0.1, 0.15) is 5.82 Å². The van der Waals surface area contributed by atoms with E-state index in [1.807, 2.05) is 18.2 Å². The predicted octanol–water partition coefficient (Wildman–Crippen LogP) is 5.91. The quantitative estimate of drug-likeness (QED) is 0.269. The van der Waals surface area contributed by atoms with Crippen molar-refractivity contribution in [1.82, 2.24) is 4.72 Å². The molecule has 0 spiro atoms. The number of hydrogen-bond acceptors (Lipinski definition) is 4. The molecule has 162 valence electrons. The molecule has 0 aromatic heterocycles. The van der Waals surface area contributed by atoms with Gasteiger partial charge in [-0.25, -0.2) is 17.5 Å². The summed E-state index contributed by atoms with van der Waals surface area (Å²) >= 11 is 6.97. The highest BCUT2D eigenvalue weighted by molar-refractivity contribution is 9.11. The van der Waals surface area contributed by atoms with Crippen molar-refractivity contribution in [3.05, 3.63) is 103 Å². The Balaban J connectivity index is 1.96. The summed E-state index contributed by atoms with van der Waals surface area (Å²) in [5.74, 6) is -0.505. The molecule has 1 unspecified atom stereocenters. The largest absolute Gasteiger partial charge is 0.289 e. The van der Waals surface area contributed by atoms with Gasteiger partial charge in [0.05, 0.1) is 4.92 Å². The molecule has 6 nitrogen and oxygen atoms in total. The Bertz CT molecular complexity index is 1200. The van der Waals surface area contributed by atoms with Crippen LogP contribution in [0.3, 0.4) is 0 Å². The molecule has 0 aliphatic heterocycles. The van der Waals surface area contributed by atoms with Crippen molar-refractivity contribution in [3.63, 3.8) is 0 Å². The maximum absolute atomic E-state index is 13.9. The average Bonchev–Trinajstić information content (AvgIpc) is 2.72. The van der Waals surface area contributed by atoms with Crippen LogP contribution in [0.5, 0.6) is 0 Å². The second-order valence-corrected chi connectivity index (χ2v) is 10.1. The standard InChI is InChI=1S/C21H17Br2FN2O4S/c22-17-7-4-8-18(23)16(17)11-12-19(14-5-3-6-15(24)13-14)25-31(29,30)21-10-2-1-9-20(21)26(27)28/h1-10,13,19,25H,11-12H2. The van der Waals surface area contributed by atoms with Gasteiger partial charge < -0.3 is 0 Å². The van der Waals surface area contributed by atoms with Crippen LogP contribution < -0.4 is 4.72 Å². The summed E-state index contributed by atoms with van der Waals surface area (Å²) < 4.78 is 44.2. The number of nitro benzene ring substituents is 1. The molecule has 0 amide bonds. The molecule has 0 saturated carbocycles. The van der Waals surface area contributed by atoms with Gasteiger partial charge in [0.25, 0.3) is 5.69 Å². The molecule has 3 aromatic carbocycles. The molecule has 0 heterocycles. The Kier molecular flexibility index (Phi) is 7.58. The molecule has 3 rings (SSSR count). The Labute approximate surface area is 196 Å². The Morgan fingerprint density at radius 1 is 1.00 bits per heavy atom. The number of rotatable bonds is 8. The lowest BCUT2D eigenvalue weighted by Gasteiger charge is -2.20. The third-order valence-electron chi connectivity index (χ3n) is 4.64. The molecule has 0 bridgehead atoms. The van der Waals surface area contributed by atoms with Crippen molar-refractivity contribution in [2.75, 3.05) is 0 Å². The van der Waals surface area contributed by atoms with Crippen LogP contribution in [0.4, 0.5) is 10.1 Å². The van der Waals surface area contributed by atoms with Crippen LogP contribution in [0.25, 0.3) is 0 Å². The Morgan fingerprint density at radius 3 is 2.29 bits per heavy atom. The third kappa shape index (κ3) is 5.76. The molecule has 1 N–H and O–H groups in total. The van der Waals surface area contributed by atoms with E-state index in [1.54, 1.807) is 6.07 Å². The van der Waals surface area contributed by atoms with E-state index in [-0.39, 0.29) is 0 Å². The fourth-order valence-electron chi connectivity index (χ4n) is 3.16. The van der Waals surface area contributed by atoms with Crippen molar-refractivity contribution in [1.29, 1.82) is 0 Å². The summed E-state index contributed by atoms with van der Waals surface area (Å²) in [5.41, 5.74) is 0.820. The van der Waals surface area contributed by atoms with E-state index >= 15 is 0 Å². The van der Waals surface area contributed by atoms with E-state index in [0.29, 0.717) is 18.4 Å². The molecule has 0 aliphatic rings. The van der Waals surface area contributed by atoms with Gasteiger partial charge in [0.15, 0.2) is 4.90 Å². The normalized spacial score (nSPS) is 12.5. The Morgan fingerprint density at radius 2 is 1.65 bits per heavy atom. The number of para-hydroxylation sites is 1. The molecule has 0 aliphatic carbocycles. The molecule has 0 saturated heterocycles. The van der Waals surface area contributed by atoms with E-state index in [0.717, 1.165) is 20.6 Å². The molecule has 3 aromatic rings. The van der Waals surface area contributed by atoms with Gasteiger partial charge in [-0.05, 0) is 54.3 Å². The zero-order chi connectivity index (χ0) is 22.6. The van der Waals surface area contributed by atoms with E-state index < -0.39 is 37.4 Å². The van der Waals surface area contributed by atoms with Crippen LogP contribution >= 0.6 is 31.9 Å². The van der Waals surface area contributed by atoms with Crippen molar-refractivity contribution < 1.29 is 17.7 Å². The van der Waals surface area contributed by atoms with Crippen molar-refractivity contribution in [2.45, 2.75) is 23.8 Å². The van der Waals surface area contributed by atoms with Crippen LogP contribution in [0.15, 0.2) is 80.6 Å². The first-order valence-corrected chi connectivity index (χ1v) is 12.2. The van der Waals surface area contributed by atoms with Crippen LogP contribution in [-0.2, 0) is 16.4 Å². The summed E-state index contributed by atoms with van der Waals surface area (Å²) in [6.07, 6.45) is 0.757. The molecular formula is C21H17Br2FN2O4S. The lowest BCUT2D eigenvalue weighted by atomic mass is 10.00. The number of nitrogens with one attached hydrogen (secondary N) is 1. The number of nitro groups is 1. The van der Waals surface area contributed by atoms with E-state index in [9.17, 15) is 22.9 Å². The van der Waals surface area contributed by atoms with Crippen molar-refractivity contribution >= 4 is 47.6 Å². The average molecular weight is 572 g/mol. The lowest BCUT2D eigenvalue weighted by molar-refractivity contribution is -0.387. The van der Waals surface area contributed by atoms with Crippen molar-refractivity contribution in [2.24, 2.45) is 0 Å². The van der Waals surface area contributed by atoms with Gasteiger partial charge in [-0.3, -0.25) is 10.1 Å². The highest BCUT2D eigenvalue weighted by Gasteiger charge is 2.28. The van der Waals surface area contributed by atoms with E-state index in [4.69, 9.17) is 0 Å². The molecule has 31 heavy (non-hydrogen) atoms.